The predicted molar refractivity (Wildman–Crippen MR) is 116 cm³/mol. The molecule has 6 heteroatoms. The molecule has 0 radical (unpaired) electrons. The lowest BCUT2D eigenvalue weighted by molar-refractivity contribution is 0.252. The number of carbonyl (C=O) groups is 1. The number of nitrogens with zero attached hydrogens (tertiary/aromatic N) is 3. The zero-order chi connectivity index (χ0) is 20.1. The first-order valence-corrected chi connectivity index (χ1v) is 9.07. The molecule has 0 fully saturated rings. The van der Waals surface area contributed by atoms with E-state index in [1.807, 2.05) is 81.2 Å². The van der Waals surface area contributed by atoms with E-state index in [4.69, 9.17) is 0 Å². The van der Waals surface area contributed by atoms with Gasteiger partial charge in [-0.1, -0.05) is 12.1 Å². The van der Waals surface area contributed by atoms with Gasteiger partial charge >= 0.3 is 6.03 Å². The number of anilines is 2. The summed E-state index contributed by atoms with van der Waals surface area (Å²) in [6, 6.07) is 17.5. The SMILES string of the molecule is Cc1cccc(NC(=O)N/N=C/c2cccn2-c2ccc(N(C)C)cc2)c1C. The first-order chi connectivity index (χ1) is 13.5. The van der Waals surface area contributed by atoms with Gasteiger partial charge in [-0.25, -0.2) is 10.2 Å². The van der Waals surface area contributed by atoms with Gasteiger partial charge in [-0.05, 0) is 67.4 Å². The van der Waals surface area contributed by atoms with Crippen LogP contribution < -0.4 is 15.6 Å². The van der Waals surface area contributed by atoms with Gasteiger partial charge in [0, 0.05) is 37.4 Å². The molecule has 0 saturated carbocycles. The Morgan fingerprint density at radius 3 is 2.50 bits per heavy atom. The number of hydrogen-bond donors (Lipinski definition) is 2. The highest BCUT2D eigenvalue weighted by Gasteiger charge is 2.05. The number of benzene rings is 2. The van der Waals surface area contributed by atoms with Crippen LogP contribution in [-0.4, -0.2) is 30.9 Å². The van der Waals surface area contributed by atoms with Gasteiger partial charge in [0.15, 0.2) is 0 Å². The van der Waals surface area contributed by atoms with Crippen molar-refractivity contribution in [2.45, 2.75) is 13.8 Å². The van der Waals surface area contributed by atoms with Gasteiger partial charge in [-0.15, -0.1) is 0 Å². The fourth-order valence-electron chi connectivity index (χ4n) is 2.84. The van der Waals surface area contributed by atoms with E-state index in [1.54, 1.807) is 6.21 Å². The van der Waals surface area contributed by atoms with Crippen molar-refractivity contribution in [2.75, 3.05) is 24.3 Å². The smallest absolute Gasteiger partial charge is 0.339 e. The Labute approximate surface area is 165 Å². The monoisotopic (exact) mass is 375 g/mol. The van der Waals surface area contributed by atoms with Gasteiger partial charge < -0.3 is 14.8 Å². The molecular formula is C22H25N5O. The van der Waals surface area contributed by atoms with E-state index in [2.05, 4.69) is 32.9 Å². The fourth-order valence-corrected chi connectivity index (χ4v) is 2.84. The van der Waals surface area contributed by atoms with Gasteiger partial charge in [0.2, 0.25) is 0 Å². The second-order valence-corrected chi connectivity index (χ2v) is 6.79. The molecule has 6 nitrogen and oxygen atoms in total. The summed E-state index contributed by atoms with van der Waals surface area (Å²) >= 11 is 0. The van der Waals surface area contributed by atoms with Crippen molar-refractivity contribution in [3.8, 4) is 5.69 Å². The minimum atomic E-state index is -0.376. The zero-order valence-corrected chi connectivity index (χ0v) is 16.6. The van der Waals surface area contributed by atoms with Crippen LogP contribution in [0.2, 0.25) is 0 Å². The summed E-state index contributed by atoms with van der Waals surface area (Å²) in [7, 11) is 4.02. The molecule has 0 atom stereocenters. The second kappa shape index (κ2) is 8.43. The number of nitrogens with one attached hydrogen (secondary N) is 2. The lowest BCUT2D eigenvalue weighted by Crippen LogP contribution is -2.24. The van der Waals surface area contributed by atoms with Crippen LogP contribution in [0.3, 0.4) is 0 Å². The third-order valence-electron chi connectivity index (χ3n) is 4.64. The van der Waals surface area contributed by atoms with Crippen molar-refractivity contribution >= 4 is 23.6 Å². The summed E-state index contributed by atoms with van der Waals surface area (Å²) in [6.45, 7) is 3.98. The highest BCUT2D eigenvalue weighted by molar-refractivity contribution is 5.91. The van der Waals surface area contributed by atoms with E-state index in [-0.39, 0.29) is 6.03 Å². The molecule has 2 aromatic carbocycles. The molecule has 3 aromatic rings. The Balaban J connectivity index is 1.66. The van der Waals surface area contributed by atoms with Crippen LogP contribution in [0.5, 0.6) is 0 Å². The Hall–Kier alpha value is -3.54. The van der Waals surface area contributed by atoms with E-state index < -0.39 is 0 Å². The van der Waals surface area contributed by atoms with Crippen molar-refractivity contribution < 1.29 is 4.79 Å². The van der Waals surface area contributed by atoms with E-state index in [0.717, 1.165) is 33.9 Å². The van der Waals surface area contributed by atoms with Crippen LogP contribution in [-0.2, 0) is 0 Å². The highest BCUT2D eigenvalue weighted by atomic mass is 16.2. The number of carbonyl (C=O) groups excluding carboxylic acids is 1. The molecule has 0 aliphatic carbocycles. The maximum atomic E-state index is 12.1. The first-order valence-electron chi connectivity index (χ1n) is 9.07. The van der Waals surface area contributed by atoms with Crippen LogP contribution in [0.15, 0.2) is 65.9 Å². The molecule has 28 heavy (non-hydrogen) atoms. The topological polar surface area (TPSA) is 61.7 Å². The first kappa shape index (κ1) is 19.2. The third-order valence-corrected chi connectivity index (χ3v) is 4.64. The van der Waals surface area contributed by atoms with Crippen molar-refractivity contribution in [1.29, 1.82) is 0 Å². The molecule has 3 rings (SSSR count). The zero-order valence-electron chi connectivity index (χ0n) is 16.6. The Bertz CT molecular complexity index is 986. The summed E-state index contributed by atoms with van der Waals surface area (Å²) in [4.78, 5) is 14.2. The Kier molecular flexibility index (Phi) is 5.79. The average molecular weight is 375 g/mol. The van der Waals surface area contributed by atoms with E-state index in [9.17, 15) is 4.79 Å². The number of rotatable bonds is 5. The molecule has 0 saturated heterocycles. The van der Waals surface area contributed by atoms with Gasteiger partial charge in [0.1, 0.15) is 0 Å². The molecule has 0 aliphatic heterocycles. The van der Waals surface area contributed by atoms with Gasteiger partial charge in [0.25, 0.3) is 0 Å². The van der Waals surface area contributed by atoms with Crippen LogP contribution in [0.4, 0.5) is 16.2 Å². The number of urea groups is 1. The predicted octanol–water partition coefficient (Wildman–Crippen LogP) is 4.32. The summed E-state index contributed by atoms with van der Waals surface area (Å²) in [6.07, 6.45) is 3.59. The van der Waals surface area contributed by atoms with E-state index >= 15 is 0 Å². The number of amides is 2. The lowest BCUT2D eigenvalue weighted by Gasteiger charge is -2.13. The largest absolute Gasteiger partial charge is 0.378 e. The fraction of sp³-hybridized carbons (Fsp3) is 0.182. The second-order valence-electron chi connectivity index (χ2n) is 6.79. The standard InChI is InChI=1S/C22H25N5O/c1-16-7-5-9-21(17(16)2)24-22(28)25-23-15-20-8-6-14-27(20)19-12-10-18(11-13-19)26(3)4/h5-15H,1-4H3,(H2,24,25,28)/b23-15+. The van der Waals surface area contributed by atoms with E-state index in [1.165, 1.54) is 0 Å². The number of aromatic nitrogens is 1. The molecule has 1 heterocycles. The Morgan fingerprint density at radius 2 is 1.79 bits per heavy atom. The number of aryl methyl sites for hydroxylation is 1. The minimum Gasteiger partial charge on any atom is -0.378 e. The summed E-state index contributed by atoms with van der Waals surface area (Å²) in [5, 5.41) is 6.90. The van der Waals surface area contributed by atoms with Gasteiger partial charge in [0.05, 0.1) is 11.9 Å². The van der Waals surface area contributed by atoms with Crippen molar-refractivity contribution in [3.63, 3.8) is 0 Å². The normalized spacial score (nSPS) is 10.9. The molecule has 0 unspecified atom stereocenters. The van der Waals surface area contributed by atoms with Crippen LogP contribution in [0.1, 0.15) is 16.8 Å². The number of hydrazone groups is 1. The van der Waals surface area contributed by atoms with Crippen LogP contribution >= 0.6 is 0 Å². The van der Waals surface area contributed by atoms with Crippen molar-refractivity contribution in [2.24, 2.45) is 5.10 Å². The third kappa shape index (κ3) is 4.40. The number of hydrogen-bond acceptors (Lipinski definition) is 3. The van der Waals surface area contributed by atoms with Crippen LogP contribution in [0, 0.1) is 13.8 Å². The van der Waals surface area contributed by atoms with Gasteiger partial charge in [-0.2, -0.15) is 5.10 Å². The molecule has 0 bridgehead atoms. The van der Waals surface area contributed by atoms with Crippen molar-refractivity contribution in [1.82, 2.24) is 9.99 Å². The molecular weight excluding hydrogens is 350 g/mol. The average Bonchev–Trinajstić information content (AvgIpc) is 3.14. The molecule has 2 N–H and O–H groups in total. The summed E-state index contributed by atoms with van der Waals surface area (Å²) in [5.74, 6) is 0. The van der Waals surface area contributed by atoms with E-state index in [0.29, 0.717) is 0 Å². The molecule has 2 amide bonds. The molecule has 0 spiro atoms. The lowest BCUT2D eigenvalue weighted by atomic mass is 10.1. The Morgan fingerprint density at radius 1 is 1.04 bits per heavy atom. The van der Waals surface area contributed by atoms with Crippen LogP contribution in [0.25, 0.3) is 5.69 Å². The molecule has 0 aliphatic rings. The summed E-state index contributed by atoms with van der Waals surface area (Å²) < 4.78 is 2.01. The quantitative estimate of drug-likeness (QED) is 0.515. The summed E-state index contributed by atoms with van der Waals surface area (Å²) in [5.41, 5.74) is 8.48. The molecule has 144 valence electrons. The van der Waals surface area contributed by atoms with Crippen molar-refractivity contribution in [3.05, 3.63) is 77.6 Å². The molecule has 1 aromatic heterocycles. The maximum Gasteiger partial charge on any atom is 0.339 e. The minimum absolute atomic E-state index is 0.376. The maximum absolute atomic E-state index is 12.1. The van der Waals surface area contributed by atoms with Gasteiger partial charge in [-0.3, -0.25) is 0 Å². The highest BCUT2D eigenvalue weighted by Crippen LogP contribution is 2.18.